The second kappa shape index (κ2) is 9.74. The molecule has 0 aliphatic carbocycles. The van der Waals surface area contributed by atoms with Crippen molar-refractivity contribution in [2.75, 3.05) is 47.4 Å². The minimum Gasteiger partial charge on any atom is -0.493 e. The van der Waals surface area contributed by atoms with E-state index in [1.807, 2.05) is 6.07 Å². The predicted octanol–water partition coefficient (Wildman–Crippen LogP) is 0.607. The minimum absolute atomic E-state index is 0.791. The second-order valence-electron chi connectivity index (χ2n) is 5.38. The lowest BCUT2D eigenvalue weighted by Gasteiger charge is -2.32. The molecule has 0 bridgehead atoms. The fraction of sp³-hybridized carbons (Fsp3) is 0.500. The van der Waals surface area contributed by atoms with Gasteiger partial charge in [0.15, 0.2) is 11.5 Å². The van der Waals surface area contributed by atoms with E-state index in [4.69, 9.17) is 29.3 Å². The molecule has 2 N–H and O–H groups in total. The SMILES string of the molecule is COc1ccc(CN2CCN(C)CC2)cc1OC.O=C(O)C(=O)O. The van der Waals surface area contributed by atoms with Crippen molar-refractivity contribution in [2.24, 2.45) is 0 Å². The first-order chi connectivity index (χ1) is 11.4. The normalized spacial score (nSPS) is 15.1. The molecule has 0 unspecified atom stereocenters. The summed E-state index contributed by atoms with van der Waals surface area (Å²) in [7, 11) is 5.52. The topological polar surface area (TPSA) is 99.5 Å². The summed E-state index contributed by atoms with van der Waals surface area (Å²) in [6.45, 7) is 5.53. The van der Waals surface area contributed by atoms with Crippen LogP contribution in [-0.4, -0.2) is 79.4 Å². The molecule has 1 aromatic rings. The summed E-state index contributed by atoms with van der Waals surface area (Å²) in [5.41, 5.74) is 1.28. The molecule has 1 fully saturated rings. The van der Waals surface area contributed by atoms with E-state index in [0.29, 0.717) is 0 Å². The first-order valence-corrected chi connectivity index (χ1v) is 7.45. The van der Waals surface area contributed by atoms with Gasteiger partial charge in [0, 0.05) is 32.7 Å². The summed E-state index contributed by atoms with van der Waals surface area (Å²) in [6, 6.07) is 6.15. The number of nitrogens with zero attached hydrogens (tertiary/aromatic N) is 2. The van der Waals surface area contributed by atoms with E-state index in [0.717, 1.165) is 44.2 Å². The Bertz CT molecular complexity index is 543. The fourth-order valence-electron chi connectivity index (χ4n) is 2.24. The average Bonchev–Trinajstić information content (AvgIpc) is 2.57. The Balaban J connectivity index is 0.000000413. The molecule has 8 heteroatoms. The highest BCUT2D eigenvalue weighted by Crippen LogP contribution is 2.28. The number of piperazine rings is 1. The quantitative estimate of drug-likeness (QED) is 0.769. The van der Waals surface area contributed by atoms with Crippen LogP contribution in [0.2, 0.25) is 0 Å². The lowest BCUT2D eigenvalue weighted by atomic mass is 10.1. The van der Waals surface area contributed by atoms with Crippen molar-refractivity contribution < 1.29 is 29.3 Å². The molecule has 1 heterocycles. The van der Waals surface area contributed by atoms with Crippen molar-refractivity contribution in [3.63, 3.8) is 0 Å². The number of methoxy groups -OCH3 is 2. The molecule has 24 heavy (non-hydrogen) atoms. The summed E-state index contributed by atoms with van der Waals surface area (Å²) in [5.74, 6) is -2.05. The van der Waals surface area contributed by atoms with Gasteiger partial charge >= 0.3 is 11.9 Å². The van der Waals surface area contributed by atoms with Gasteiger partial charge in [-0.05, 0) is 24.7 Å². The predicted molar refractivity (Wildman–Crippen MR) is 87.6 cm³/mol. The van der Waals surface area contributed by atoms with Crippen LogP contribution in [0.3, 0.4) is 0 Å². The number of hydrogen-bond donors (Lipinski definition) is 2. The first kappa shape index (κ1) is 19.7. The summed E-state index contributed by atoms with van der Waals surface area (Å²) in [5, 5.41) is 14.8. The Morgan fingerprint density at radius 2 is 1.54 bits per heavy atom. The van der Waals surface area contributed by atoms with Crippen LogP contribution < -0.4 is 9.47 Å². The van der Waals surface area contributed by atoms with Crippen molar-refractivity contribution in [2.45, 2.75) is 6.54 Å². The molecule has 1 aromatic carbocycles. The Kier molecular flexibility index (Phi) is 8.00. The second-order valence-corrected chi connectivity index (χ2v) is 5.38. The highest BCUT2D eigenvalue weighted by Gasteiger charge is 2.14. The standard InChI is InChI=1S/C14H22N2O2.C2H2O4/c1-15-6-8-16(9-7-15)11-12-4-5-13(17-2)14(10-12)18-3;3-1(4)2(5)6/h4-5,10H,6-9,11H2,1-3H3;(H,3,4)(H,5,6). The van der Waals surface area contributed by atoms with E-state index in [1.165, 1.54) is 5.56 Å². The molecule has 8 nitrogen and oxygen atoms in total. The zero-order chi connectivity index (χ0) is 18.1. The van der Waals surface area contributed by atoms with Crippen molar-refractivity contribution in [1.82, 2.24) is 9.80 Å². The van der Waals surface area contributed by atoms with Crippen LogP contribution in [0, 0.1) is 0 Å². The van der Waals surface area contributed by atoms with Crippen LogP contribution in [0.1, 0.15) is 5.56 Å². The van der Waals surface area contributed by atoms with Crippen LogP contribution in [0.4, 0.5) is 0 Å². The van der Waals surface area contributed by atoms with Gasteiger partial charge < -0.3 is 24.6 Å². The van der Waals surface area contributed by atoms with E-state index >= 15 is 0 Å². The van der Waals surface area contributed by atoms with Crippen molar-refractivity contribution in [3.8, 4) is 11.5 Å². The molecule has 0 saturated carbocycles. The third kappa shape index (κ3) is 6.43. The van der Waals surface area contributed by atoms with Crippen LogP contribution in [0.25, 0.3) is 0 Å². The highest BCUT2D eigenvalue weighted by molar-refractivity contribution is 6.27. The number of carboxylic acid groups (broad SMARTS) is 2. The van der Waals surface area contributed by atoms with Gasteiger partial charge in [-0.25, -0.2) is 9.59 Å². The third-order valence-corrected chi connectivity index (χ3v) is 3.63. The average molecular weight is 340 g/mol. The Morgan fingerprint density at radius 3 is 2.00 bits per heavy atom. The Labute approximate surface area is 141 Å². The Morgan fingerprint density at radius 1 is 1.00 bits per heavy atom. The minimum atomic E-state index is -1.82. The van der Waals surface area contributed by atoms with Crippen molar-refractivity contribution >= 4 is 11.9 Å². The van der Waals surface area contributed by atoms with E-state index < -0.39 is 11.9 Å². The number of carboxylic acids is 2. The number of ether oxygens (including phenoxy) is 2. The van der Waals surface area contributed by atoms with E-state index in [1.54, 1.807) is 14.2 Å². The van der Waals surface area contributed by atoms with Crippen LogP contribution in [-0.2, 0) is 16.1 Å². The lowest BCUT2D eigenvalue weighted by Crippen LogP contribution is -2.43. The lowest BCUT2D eigenvalue weighted by molar-refractivity contribution is -0.159. The first-order valence-electron chi connectivity index (χ1n) is 7.45. The van der Waals surface area contributed by atoms with Gasteiger partial charge in [0.2, 0.25) is 0 Å². The summed E-state index contributed by atoms with van der Waals surface area (Å²) >= 11 is 0. The highest BCUT2D eigenvalue weighted by atomic mass is 16.5. The monoisotopic (exact) mass is 340 g/mol. The number of hydrogen-bond acceptors (Lipinski definition) is 6. The maximum absolute atomic E-state index is 9.10. The number of carbonyl (C=O) groups is 2. The molecule has 0 atom stereocenters. The molecule has 134 valence electrons. The van der Waals surface area contributed by atoms with Crippen molar-refractivity contribution in [3.05, 3.63) is 23.8 Å². The van der Waals surface area contributed by atoms with Crippen molar-refractivity contribution in [1.29, 1.82) is 0 Å². The van der Waals surface area contributed by atoms with E-state index in [9.17, 15) is 0 Å². The molecule has 2 rings (SSSR count). The maximum Gasteiger partial charge on any atom is 0.414 e. The summed E-state index contributed by atoms with van der Waals surface area (Å²) < 4.78 is 10.6. The molecule has 1 aliphatic heterocycles. The van der Waals surface area contributed by atoms with Gasteiger partial charge in [0.25, 0.3) is 0 Å². The molecule has 1 aliphatic rings. The zero-order valence-electron chi connectivity index (χ0n) is 14.2. The van der Waals surface area contributed by atoms with E-state index in [-0.39, 0.29) is 0 Å². The molecule has 0 aromatic heterocycles. The number of rotatable bonds is 4. The fourth-order valence-corrected chi connectivity index (χ4v) is 2.24. The molecule has 0 radical (unpaired) electrons. The molecule has 0 amide bonds. The molecule has 0 spiro atoms. The van der Waals surface area contributed by atoms with Crippen LogP contribution >= 0.6 is 0 Å². The van der Waals surface area contributed by atoms with Gasteiger partial charge in [-0.15, -0.1) is 0 Å². The largest absolute Gasteiger partial charge is 0.493 e. The number of likely N-dealkylation sites (N-methyl/N-ethyl adjacent to an activating group) is 1. The summed E-state index contributed by atoms with van der Waals surface area (Å²) in [6.07, 6.45) is 0. The van der Waals surface area contributed by atoms with Crippen LogP contribution in [0.15, 0.2) is 18.2 Å². The van der Waals surface area contributed by atoms with Gasteiger partial charge in [0.05, 0.1) is 14.2 Å². The summed E-state index contributed by atoms with van der Waals surface area (Å²) in [4.78, 5) is 23.0. The van der Waals surface area contributed by atoms with Gasteiger partial charge in [-0.2, -0.15) is 0 Å². The third-order valence-electron chi connectivity index (χ3n) is 3.63. The van der Waals surface area contributed by atoms with Gasteiger partial charge in [-0.3, -0.25) is 4.90 Å². The molecular weight excluding hydrogens is 316 g/mol. The zero-order valence-corrected chi connectivity index (χ0v) is 14.2. The smallest absolute Gasteiger partial charge is 0.414 e. The molecule has 1 saturated heterocycles. The van der Waals surface area contributed by atoms with Gasteiger partial charge in [-0.1, -0.05) is 6.07 Å². The number of aliphatic carboxylic acids is 2. The maximum atomic E-state index is 9.10. The Hall–Kier alpha value is -2.32. The van der Waals surface area contributed by atoms with Crippen LogP contribution in [0.5, 0.6) is 11.5 Å². The number of benzene rings is 1. The molecular formula is C16H24N2O6. The van der Waals surface area contributed by atoms with E-state index in [2.05, 4.69) is 29.0 Å². The van der Waals surface area contributed by atoms with Gasteiger partial charge in [0.1, 0.15) is 0 Å².